The normalized spacial score (nSPS) is 16.6. The Hall–Kier alpha value is -0.860. The standard InChI is InChI=1S/C16H28N2/c1-7-13-10-9-11-14(12-13)15(17-4)16(3,8-2)18(5)6/h9-12,15,17H,7-8H2,1-6H3. The van der Waals surface area contributed by atoms with Crippen LogP contribution in [0.25, 0.3) is 0 Å². The van der Waals surface area contributed by atoms with Crippen molar-refractivity contribution in [2.24, 2.45) is 0 Å². The summed E-state index contributed by atoms with van der Waals surface area (Å²) in [6, 6.07) is 9.29. The van der Waals surface area contributed by atoms with Crippen LogP contribution in [0, 0.1) is 0 Å². The highest BCUT2D eigenvalue weighted by Crippen LogP contribution is 2.32. The summed E-state index contributed by atoms with van der Waals surface area (Å²) in [5, 5.41) is 3.50. The van der Waals surface area contributed by atoms with E-state index in [1.54, 1.807) is 0 Å². The molecule has 1 rings (SSSR count). The molecule has 0 saturated heterocycles. The van der Waals surface area contributed by atoms with Gasteiger partial charge in [-0.25, -0.2) is 0 Å². The van der Waals surface area contributed by atoms with Crippen molar-refractivity contribution in [1.29, 1.82) is 0 Å². The monoisotopic (exact) mass is 248 g/mol. The molecule has 18 heavy (non-hydrogen) atoms. The minimum atomic E-state index is 0.126. The Labute approximate surface area is 112 Å². The van der Waals surface area contributed by atoms with Gasteiger partial charge in [0.05, 0.1) is 6.04 Å². The molecule has 0 amide bonds. The zero-order valence-corrected chi connectivity index (χ0v) is 12.7. The number of nitrogens with one attached hydrogen (secondary N) is 1. The predicted molar refractivity (Wildman–Crippen MR) is 80.0 cm³/mol. The molecule has 0 saturated carbocycles. The molecule has 0 aromatic heterocycles. The zero-order valence-electron chi connectivity index (χ0n) is 12.7. The Balaban J connectivity index is 3.15. The predicted octanol–water partition coefficient (Wildman–Crippen LogP) is 3.24. The lowest BCUT2D eigenvalue weighted by atomic mass is 9.83. The topological polar surface area (TPSA) is 15.3 Å². The molecule has 1 N–H and O–H groups in total. The van der Waals surface area contributed by atoms with Gasteiger partial charge in [-0.1, -0.05) is 38.1 Å². The molecule has 2 nitrogen and oxygen atoms in total. The van der Waals surface area contributed by atoms with Crippen LogP contribution >= 0.6 is 0 Å². The number of hydrogen-bond donors (Lipinski definition) is 1. The summed E-state index contributed by atoms with van der Waals surface area (Å²) in [4.78, 5) is 2.33. The second kappa shape index (κ2) is 6.35. The van der Waals surface area contributed by atoms with E-state index >= 15 is 0 Å². The molecule has 2 heteroatoms. The van der Waals surface area contributed by atoms with E-state index in [0.29, 0.717) is 6.04 Å². The summed E-state index contributed by atoms with van der Waals surface area (Å²) in [7, 11) is 6.38. The van der Waals surface area contributed by atoms with Crippen LogP contribution in [0.2, 0.25) is 0 Å². The van der Waals surface area contributed by atoms with Crippen LogP contribution in [0.5, 0.6) is 0 Å². The van der Waals surface area contributed by atoms with Gasteiger partial charge in [0.2, 0.25) is 0 Å². The van der Waals surface area contributed by atoms with Crippen molar-refractivity contribution in [3.63, 3.8) is 0 Å². The van der Waals surface area contributed by atoms with Crippen molar-refractivity contribution < 1.29 is 0 Å². The van der Waals surface area contributed by atoms with Gasteiger partial charge in [0, 0.05) is 5.54 Å². The average molecular weight is 248 g/mol. The van der Waals surface area contributed by atoms with Crippen LogP contribution in [0.4, 0.5) is 0 Å². The van der Waals surface area contributed by atoms with E-state index in [9.17, 15) is 0 Å². The summed E-state index contributed by atoms with van der Waals surface area (Å²) in [6.45, 7) is 6.79. The molecular formula is C16H28N2. The maximum atomic E-state index is 3.50. The summed E-state index contributed by atoms with van der Waals surface area (Å²) < 4.78 is 0. The molecule has 2 atom stereocenters. The summed E-state index contributed by atoms with van der Waals surface area (Å²) >= 11 is 0. The molecule has 0 radical (unpaired) electrons. The van der Waals surface area contributed by atoms with Gasteiger partial charge in [0.15, 0.2) is 0 Å². The van der Waals surface area contributed by atoms with Crippen molar-refractivity contribution in [3.05, 3.63) is 35.4 Å². The third-order valence-corrected chi connectivity index (χ3v) is 4.34. The molecular weight excluding hydrogens is 220 g/mol. The Bertz CT molecular complexity index is 373. The van der Waals surface area contributed by atoms with Gasteiger partial charge >= 0.3 is 0 Å². The molecule has 0 spiro atoms. The first-order valence-electron chi connectivity index (χ1n) is 6.93. The maximum absolute atomic E-state index is 3.50. The van der Waals surface area contributed by atoms with E-state index < -0.39 is 0 Å². The first-order chi connectivity index (χ1) is 8.49. The second-order valence-corrected chi connectivity index (χ2v) is 5.43. The molecule has 102 valence electrons. The molecule has 0 aliphatic heterocycles. The largest absolute Gasteiger partial charge is 0.311 e. The molecule has 1 aromatic rings. The lowest BCUT2D eigenvalue weighted by Gasteiger charge is -2.43. The molecule has 0 fully saturated rings. The van der Waals surface area contributed by atoms with E-state index in [-0.39, 0.29) is 5.54 Å². The minimum absolute atomic E-state index is 0.126. The maximum Gasteiger partial charge on any atom is 0.0501 e. The lowest BCUT2D eigenvalue weighted by molar-refractivity contribution is 0.117. The third-order valence-electron chi connectivity index (χ3n) is 4.34. The Morgan fingerprint density at radius 1 is 1.28 bits per heavy atom. The number of rotatable bonds is 6. The van der Waals surface area contributed by atoms with E-state index in [0.717, 1.165) is 12.8 Å². The number of aryl methyl sites for hydroxylation is 1. The van der Waals surface area contributed by atoms with Crippen molar-refractivity contribution >= 4 is 0 Å². The van der Waals surface area contributed by atoms with Crippen molar-refractivity contribution in [2.75, 3.05) is 21.1 Å². The first-order valence-corrected chi connectivity index (χ1v) is 6.93. The van der Waals surface area contributed by atoms with Gasteiger partial charge in [-0.3, -0.25) is 0 Å². The van der Waals surface area contributed by atoms with Gasteiger partial charge in [-0.05, 0) is 52.0 Å². The van der Waals surface area contributed by atoms with Crippen LogP contribution in [0.15, 0.2) is 24.3 Å². The van der Waals surface area contributed by atoms with Crippen molar-refractivity contribution in [1.82, 2.24) is 10.2 Å². The Kier molecular flexibility index (Phi) is 5.36. The SMILES string of the molecule is CCc1cccc(C(NC)C(C)(CC)N(C)C)c1. The van der Waals surface area contributed by atoms with E-state index in [1.165, 1.54) is 11.1 Å². The van der Waals surface area contributed by atoms with Crippen LogP contribution in [0.3, 0.4) is 0 Å². The highest BCUT2D eigenvalue weighted by Gasteiger charge is 2.34. The molecule has 0 bridgehead atoms. The van der Waals surface area contributed by atoms with Gasteiger partial charge in [0.25, 0.3) is 0 Å². The third kappa shape index (κ3) is 2.93. The number of nitrogens with zero attached hydrogens (tertiary/aromatic N) is 1. The highest BCUT2D eigenvalue weighted by molar-refractivity contribution is 5.28. The Morgan fingerprint density at radius 2 is 1.94 bits per heavy atom. The summed E-state index contributed by atoms with van der Waals surface area (Å²) in [6.07, 6.45) is 2.21. The van der Waals surface area contributed by atoms with Gasteiger partial charge in [-0.15, -0.1) is 0 Å². The van der Waals surface area contributed by atoms with Gasteiger partial charge in [0.1, 0.15) is 0 Å². The molecule has 1 aromatic carbocycles. The van der Waals surface area contributed by atoms with E-state index in [1.807, 2.05) is 0 Å². The smallest absolute Gasteiger partial charge is 0.0501 e. The number of benzene rings is 1. The lowest BCUT2D eigenvalue weighted by Crippen LogP contribution is -2.50. The summed E-state index contributed by atoms with van der Waals surface area (Å²) in [5.74, 6) is 0. The van der Waals surface area contributed by atoms with Crippen LogP contribution in [0.1, 0.15) is 44.4 Å². The fraction of sp³-hybridized carbons (Fsp3) is 0.625. The zero-order chi connectivity index (χ0) is 13.8. The van der Waals surface area contributed by atoms with Crippen molar-refractivity contribution in [2.45, 2.75) is 45.2 Å². The minimum Gasteiger partial charge on any atom is -0.311 e. The van der Waals surface area contributed by atoms with E-state index in [4.69, 9.17) is 0 Å². The molecule has 0 aliphatic rings. The second-order valence-electron chi connectivity index (χ2n) is 5.43. The first kappa shape index (κ1) is 15.2. The number of likely N-dealkylation sites (N-methyl/N-ethyl adjacent to an activating group) is 2. The quantitative estimate of drug-likeness (QED) is 0.831. The molecule has 0 aliphatic carbocycles. The van der Waals surface area contributed by atoms with Crippen LogP contribution in [-0.2, 0) is 6.42 Å². The molecule has 0 heterocycles. The average Bonchev–Trinajstić information content (AvgIpc) is 2.39. The highest BCUT2D eigenvalue weighted by atomic mass is 15.2. The van der Waals surface area contributed by atoms with Gasteiger partial charge < -0.3 is 10.2 Å². The fourth-order valence-electron chi connectivity index (χ4n) is 2.61. The summed E-state index contributed by atoms with van der Waals surface area (Å²) in [5.41, 5.74) is 2.92. The van der Waals surface area contributed by atoms with Crippen molar-refractivity contribution in [3.8, 4) is 0 Å². The van der Waals surface area contributed by atoms with Gasteiger partial charge in [-0.2, -0.15) is 0 Å². The molecule has 2 unspecified atom stereocenters. The Morgan fingerprint density at radius 3 is 2.39 bits per heavy atom. The van der Waals surface area contributed by atoms with Crippen LogP contribution in [-0.4, -0.2) is 31.6 Å². The van der Waals surface area contributed by atoms with Crippen LogP contribution < -0.4 is 5.32 Å². The number of hydrogen-bond acceptors (Lipinski definition) is 2. The van der Waals surface area contributed by atoms with E-state index in [2.05, 4.69) is 76.4 Å². The fourth-order valence-corrected chi connectivity index (χ4v) is 2.61.